The fourth-order valence-corrected chi connectivity index (χ4v) is 3.46. The molecule has 33 heavy (non-hydrogen) atoms. The van der Waals surface area contributed by atoms with Crippen molar-refractivity contribution >= 4 is 0 Å². The molecule has 176 valence electrons. The summed E-state index contributed by atoms with van der Waals surface area (Å²) in [4.78, 5) is 2.15. The standard InChI is InChI=1S/C26H32FN3O3/c1-5-15-32-18-23(31)16-29(19(2)3)17-25-20(4)28-30(22-9-7-6-8-10-22)26(25)33-24-13-11-21(27)12-14-24/h5-14,19,23,31H,1,15-18H2,2-4H3. The number of para-hydroxylation sites is 1. The molecule has 0 aliphatic heterocycles. The average Bonchev–Trinajstić information content (AvgIpc) is 3.10. The van der Waals surface area contributed by atoms with E-state index in [-0.39, 0.29) is 18.5 Å². The summed E-state index contributed by atoms with van der Waals surface area (Å²) in [7, 11) is 0. The second kappa shape index (κ2) is 11.7. The van der Waals surface area contributed by atoms with Crippen molar-refractivity contribution in [3.8, 4) is 17.3 Å². The highest BCUT2D eigenvalue weighted by molar-refractivity contribution is 5.43. The van der Waals surface area contributed by atoms with Gasteiger partial charge < -0.3 is 14.6 Å². The molecule has 0 aliphatic carbocycles. The maximum Gasteiger partial charge on any atom is 0.227 e. The lowest BCUT2D eigenvalue weighted by Crippen LogP contribution is -2.39. The number of hydrogen-bond donors (Lipinski definition) is 1. The molecule has 6 nitrogen and oxygen atoms in total. The average molecular weight is 454 g/mol. The van der Waals surface area contributed by atoms with E-state index in [4.69, 9.17) is 14.6 Å². The fourth-order valence-electron chi connectivity index (χ4n) is 3.46. The summed E-state index contributed by atoms with van der Waals surface area (Å²) in [5, 5.41) is 15.2. The largest absolute Gasteiger partial charge is 0.439 e. The fraction of sp³-hybridized carbons (Fsp3) is 0.346. The number of aromatic nitrogens is 2. The first-order valence-corrected chi connectivity index (χ1v) is 11.1. The summed E-state index contributed by atoms with van der Waals surface area (Å²) in [5.41, 5.74) is 2.58. The van der Waals surface area contributed by atoms with E-state index in [2.05, 4.69) is 25.3 Å². The Labute approximate surface area is 194 Å². The smallest absolute Gasteiger partial charge is 0.227 e. The van der Waals surface area contributed by atoms with Gasteiger partial charge in [0.25, 0.3) is 0 Å². The molecule has 0 bridgehead atoms. The van der Waals surface area contributed by atoms with Crippen LogP contribution in [-0.4, -0.2) is 51.7 Å². The Hall–Kier alpha value is -3.00. The molecule has 1 N–H and O–H groups in total. The summed E-state index contributed by atoms with van der Waals surface area (Å²) >= 11 is 0. The van der Waals surface area contributed by atoms with Gasteiger partial charge in [0.2, 0.25) is 5.88 Å². The highest BCUT2D eigenvalue weighted by Gasteiger charge is 2.24. The number of halogens is 1. The van der Waals surface area contributed by atoms with Gasteiger partial charge in [0.05, 0.1) is 36.3 Å². The SMILES string of the molecule is C=CCOCC(O)CN(Cc1c(C)nn(-c2ccccc2)c1Oc1ccc(F)cc1)C(C)C. The predicted octanol–water partition coefficient (Wildman–Crippen LogP) is 4.89. The van der Waals surface area contributed by atoms with Crippen LogP contribution in [0.4, 0.5) is 4.39 Å². The van der Waals surface area contributed by atoms with E-state index < -0.39 is 6.10 Å². The molecule has 1 unspecified atom stereocenters. The number of ether oxygens (including phenoxy) is 2. The number of hydrogen-bond acceptors (Lipinski definition) is 5. The van der Waals surface area contributed by atoms with Crippen LogP contribution >= 0.6 is 0 Å². The molecular formula is C26H32FN3O3. The highest BCUT2D eigenvalue weighted by atomic mass is 19.1. The van der Waals surface area contributed by atoms with E-state index in [1.165, 1.54) is 12.1 Å². The van der Waals surface area contributed by atoms with Crippen LogP contribution in [0.15, 0.2) is 67.3 Å². The molecule has 2 aromatic carbocycles. The molecule has 1 atom stereocenters. The van der Waals surface area contributed by atoms with Crippen molar-refractivity contribution in [3.05, 3.63) is 84.3 Å². The van der Waals surface area contributed by atoms with Gasteiger partial charge in [0.15, 0.2) is 0 Å². The van der Waals surface area contributed by atoms with Crippen molar-refractivity contribution < 1.29 is 19.0 Å². The van der Waals surface area contributed by atoms with Gasteiger partial charge in [-0.15, -0.1) is 6.58 Å². The first-order chi connectivity index (χ1) is 15.9. The molecule has 0 saturated carbocycles. The molecular weight excluding hydrogens is 421 g/mol. The minimum Gasteiger partial charge on any atom is -0.439 e. The summed E-state index contributed by atoms with van der Waals surface area (Å²) in [6, 6.07) is 15.8. The lowest BCUT2D eigenvalue weighted by molar-refractivity contribution is 0.0177. The van der Waals surface area contributed by atoms with Crippen LogP contribution < -0.4 is 4.74 Å². The van der Waals surface area contributed by atoms with Crippen LogP contribution in [0.25, 0.3) is 5.69 Å². The molecule has 7 heteroatoms. The molecule has 3 rings (SSSR count). The highest BCUT2D eigenvalue weighted by Crippen LogP contribution is 2.32. The Morgan fingerprint density at radius 1 is 1.15 bits per heavy atom. The van der Waals surface area contributed by atoms with Crippen molar-refractivity contribution in [1.82, 2.24) is 14.7 Å². The van der Waals surface area contributed by atoms with Crippen LogP contribution in [0.2, 0.25) is 0 Å². The van der Waals surface area contributed by atoms with Crippen LogP contribution in [0.1, 0.15) is 25.1 Å². The van der Waals surface area contributed by atoms with Gasteiger partial charge in [-0.2, -0.15) is 5.10 Å². The van der Waals surface area contributed by atoms with Gasteiger partial charge in [-0.25, -0.2) is 9.07 Å². The predicted molar refractivity (Wildman–Crippen MR) is 127 cm³/mol. The van der Waals surface area contributed by atoms with Crippen LogP contribution in [0, 0.1) is 12.7 Å². The maximum absolute atomic E-state index is 13.4. The van der Waals surface area contributed by atoms with Crippen LogP contribution in [-0.2, 0) is 11.3 Å². The first-order valence-electron chi connectivity index (χ1n) is 11.1. The third kappa shape index (κ3) is 6.74. The quantitative estimate of drug-likeness (QED) is 0.313. The van der Waals surface area contributed by atoms with E-state index in [0.717, 1.165) is 16.9 Å². The molecule has 3 aromatic rings. The number of aliphatic hydroxyl groups excluding tert-OH is 1. The van der Waals surface area contributed by atoms with E-state index in [1.54, 1.807) is 22.9 Å². The lowest BCUT2D eigenvalue weighted by Gasteiger charge is -2.29. The van der Waals surface area contributed by atoms with E-state index in [0.29, 0.717) is 31.3 Å². The van der Waals surface area contributed by atoms with Crippen LogP contribution in [0.5, 0.6) is 11.6 Å². The third-order valence-corrected chi connectivity index (χ3v) is 5.25. The van der Waals surface area contributed by atoms with Gasteiger partial charge >= 0.3 is 0 Å². The Morgan fingerprint density at radius 3 is 2.48 bits per heavy atom. The van der Waals surface area contributed by atoms with Gasteiger partial charge in [0, 0.05) is 19.1 Å². The van der Waals surface area contributed by atoms with Crippen molar-refractivity contribution in [2.24, 2.45) is 0 Å². The Kier molecular flexibility index (Phi) is 8.77. The minimum atomic E-state index is -0.640. The van der Waals surface area contributed by atoms with Gasteiger partial charge in [0.1, 0.15) is 11.6 Å². The van der Waals surface area contributed by atoms with Crippen molar-refractivity contribution in [3.63, 3.8) is 0 Å². The zero-order chi connectivity index (χ0) is 23.8. The second-order valence-electron chi connectivity index (χ2n) is 8.18. The maximum atomic E-state index is 13.4. The molecule has 0 aliphatic rings. The van der Waals surface area contributed by atoms with Crippen molar-refractivity contribution in [2.75, 3.05) is 19.8 Å². The molecule has 0 spiro atoms. The normalized spacial score (nSPS) is 12.3. The summed E-state index contributed by atoms with van der Waals surface area (Å²) < 4.78 is 26.8. The summed E-state index contributed by atoms with van der Waals surface area (Å²) in [6.07, 6.45) is 1.02. The number of benzene rings is 2. The van der Waals surface area contributed by atoms with E-state index >= 15 is 0 Å². The van der Waals surface area contributed by atoms with E-state index in [9.17, 15) is 9.50 Å². The zero-order valence-electron chi connectivity index (χ0n) is 19.4. The zero-order valence-corrected chi connectivity index (χ0v) is 19.4. The van der Waals surface area contributed by atoms with Crippen LogP contribution in [0.3, 0.4) is 0 Å². The Bertz CT molecular complexity index is 1020. The van der Waals surface area contributed by atoms with Crippen molar-refractivity contribution in [1.29, 1.82) is 0 Å². The minimum absolute atomic E-state index is 0.164. The third-order valence-electron chi connectivity index (χ3n) is 5.25. The number of nitrogens with zero attached hydrogens (tertiary/aromatic N) is 3. The van der Waals surface area contributed by atoms with Crippen molar-refractivity contribution in [2.45, 2.75) is 39.5 Å². The number of rotatable bonds is 12. The molecule has 0 amide bonds. The monoisotopic (exact) mass is 453 g/mol. The summed E-state index contributed by atoms with van der Waals surface area (Å²) in [6.45, 7) is 11.3. The van der Waals surface area contributed by atoms with Gasteiger partial charge in [-0.05, 0) is 57.2 Å². The Balaban J connectivity index is 1.92. The topological polar surface area (TPSA) is 59.8 Å². The molecule has 1 heterocycles. The molecule has 0 saturated heterocycles. The summed E-state index contributed by atoms with van der Waals surface area (Å²) in [5.74, 6) is 0.756. The van der Waals surface area contributed by atoms with Gasteiger partial charge in [-0.3, -0.25) is 4.90 Å². The molecule has 0 radical (unpaired) electrons. The van der Waals surface area contributed by atoms with Gasteiger partial charge in [-0.1, -0.05) is 24.3 Å². The molecule has 1 aromatic heterocycles. The van der Waals surface area contributed by atoms with E-state index in [1.807, 2.05) is 37.3 Å². The second-order valence-corrected chi connectivity index (χ2v) is 8.18. The lowest BCUT2D eigenvalue weighted by atomic mass is 10.2. The number of aryl methyl sites for hydroxylation is 1. The number of aliphatic hydroxyl groups is 1. The first kappa shape index (κ1) is 24.6. The Morgan fingerprint density at radius 2 is 1.85 bits per heavy atom. The molecule has 0 fully saturated rings.